The second-order valence-electron chi connectivity index (χ2n) is 5.89. The molecule has 6 heteroatoms. The van der Waals surface area contributed by atoms with Gasteiger partial charge in [-0.15, -0.1) is 0 Å². The lowest BCUT2D eigenvalue weighted by Crippen LogP contribution is -2.32. The smallest absolute Gasteiger partial charge is 0.271 e. The fourth-order valence-corrected chi connectivity index (χ4v) is 2.74. The van der Waals surface area contributed by atoms with Crippen molar-refractivity contribution < 1.29 is 9.59 Å². The normalized spacial score (nSPS) is 11.0. The van der Waals surface area contributed by atoms with E-state index in [0.29, 0.717) is 21.9 Å². The van der Waals surface area contributed by atoms with E-state index < -0.39 is 0 Å². The zero-order valence-electron chi connectivity index (χ0n) is 14.9. The van der Waals surface area contributed by atoms with Crippen molar-refractivity contribution in [3.63, 3.8) is 0 Å². The van der Waals surface area contributed by atoms with Crippen LogP contribution in [0, 0.1) is 0 Å². The van der Waals surface area contributed by atoms with Crippen LogP contribution < -0.4 is 10.7 Å². The summed E-state index contributed by atoms with van der Waals surface area (Å²) in [5.41, 5.74) is 4.73. The van der Waals surface area contributed by atoms with Gasteiger partial charge in [-0.2, -0.15) is 5.10 Å². The first-order valence-corrected chi connectivity index (χ1v) is 9.03. The van der Waals surface area contributed by atoms with Crippen LogP contribution in [-0.4, -0.2) is 24.1 Å². The van der Waals surface area contributed by atoms with Gasteiger partial charge in [0.05, 0.1) is 22.8 Å². The summed E-state index contributed by atoms with van der Waals surface area (Å²) in [5, 5.41) is 7.40. The van der Waals surface area contributed by atoms with E-state index in [4.69, 9.17) is 11.6 Å². The minimum absolute atomic E-state index is 0.128. The Morgan fingerprint density at radius 3 is 1.96 bits per heavy atom. The molecular weight excluding hydrogens is 374 g/mol. The molecule has 28 heavy (non-hydrogen) atoms. The average molecular weight is 392 g/mol. The number of hydrogen-bond donors (Lipinski definition) is 2. The van der Waals surface area contributed by atoms with E-state index in [0.717, 1.165) is 5.56 Å². The highest BCUT2D eigenvalue weighted by atomic mass is 35.5. The molecule has 0 saturated carbocycles. The van der Waals surface area contributed by atoms with E-state index in [-0.39, 0.29) is 18.4 Å². The minimum Gasteiger partial charge on any atom is -0.346 e. The number of hydrogen-bond acceptors (Lipinski definition) is 3. The first-order valence-electron chi connectivity index (χ1n) is 8.65. The van der Waals surface area contributed by atoms with Crippen LogP contribution in [0.5, 0.6) is 0 Å². The fraction of sp³-hybridized carbons (Fsp3) is 0.0455. The first kappa shape index (κ1) is 19.3. The third-order valence-electron chi connectivity index (χ3n) is 3.97. The predicted octanol–water partition coefficient (Wildman–Crippen LogP) is 3.90. The summed E-state index contributed by atoms with van der Waals surface area (Å²) in [4.78, 5) is 24.7. The summed E-state index contributed by atoms with van der Waals surface area (Å²) < 4.78 is 0. The molecule has 3 rings (SSSR count). The number of hydrazone groups is 1. The van der Waals surface area contributed by atoms with Crippen LogP contribution in [0.25, 0.3) is 0 Å². The van der Waals surface area contributed by atoms with E-state index in [1.54, 1.807) is 48.5 Å². The van der Waals surface area contributed by atoms with E-state index in [1.165, 1.54) is 0 Å². The van der Waals surface area contributed by atoms with Crippen LogP contribution in [0.2, 0.25) is 5.02 Å². The molecule has 0 fully saturated rings. The van der Waals surface area contributed by atoms with Gasteiger partial charge in [-0.25, -0.2) is 5.43 Å². The zero-order valence-corrected chi connectivity index (χ0v) is 15.7. The molecule has 0 aromatic heterocycles. The van der Waals surface area contributed by atoms with Crippen molar-refractivity contribution in [3.8, 4) is 0 Å². The number of halogens is 1. The zero-order chi connectivity index (χ0) is 19.8. The molecule has 5 nitrogen and oxygen atoms in total. The molecule has 0 heterocycles. The summed E-state index contributed by atoms with van der Waals surface area (Å²) in [5.74, 6) is -0.643. The van der Waals surface area contributed by atoms with Crippen molar-refractivity contribution in [1.29, 1.82) is 0 Å². The van der Waals surface area contributed by atoms with Gasteiger partial charge in [-0.3, -0.25) is 9.59 Å². The first-order chi connectivity index (χ1) is 13.6. The lowest BCUT2D eigenvalue weighted by molar-refractivity contribution is 0.0951. The minimum atomic E-state index is -0.327. The molecule has 3 aromatic rings. The molecule has 3 aromatic carbocycles. The monoisotopic (exact) mass is 391 g/mol. The molecule has 0 unspecified atom stereocenters. The largest absolute Gasteiger partial charge is 0.346 e. The highest BCUT2D eigenvalue weighted by Crippen LogP contribution is 2.14. The number of nitrogens with zero attached hydrogens (tertiary/aromatic N) is 1. The number of nitrogens with one attached hydrogen (secondary N) is 2. The molecule has 0 saturated heterocycles. The number of carbonyl (C=O) groups is 2. The van der Waals surface area contributed by atoms with Crippen molar-refractivity contribution in [1.82, 2.24) is 10.7 Å². The highest BCUT2D eigenvalue weighted by molar-refractivity contribution is 6.33. The lowest BCUT2D eigenvalue weighted by atomic mass is 10.1. The predicted molar refractivity (Wildman–Crippen MR) is 111 cm³/mol. The van der Waals surface area contributed by atoms with Crippen molar-refractivity contribution in [2.24, 2.45) is 5.10 Å². The van der Waals surface area contributed by atoms with Gasteiger partial charge in [0.2, 0.25) is 0 Å². The Kier molecular flexibility index (Phi) is 6.54. The molecule has 0 atom stereocenters. The number of rotatable bonds is 6. The van der Waals surface area contributed by atoms with Gasteiger partial charge in [0.25, 0.3) is 11.8 Å². The second-order valence-corrected chi connectivity index (χ2v) is 6.30. The van der Waals surface area contributed by atoms with Crippen molar-refractivity contribution >= 4 is 29.1 Å². The van der Waals surface area contributed by atoms with Crippen molar-refractivity contribution in [2.45, 2.75) is 0 Å². The fourth-order valence-electron chi connectivity index (χ4n) is 2.51. The van der Waals surface area contributed by atoms with Gasteiger partial charge >= 0.3 is 0 Å². The third-order valence-corrected chi connectivity index (χ3v) is 4.30. The second kappa shape index (κ2) is 9.48. The molecule has 0 aliphatic carbocycles. The maximum atomic E-state index is 12.4. The third kappa shape index (κ3) is 5.05. The topological polar surface area (TPSA) is 70.6 Å². The lowest BCUT2D eigenvalue weighted by Gasteiger charge is -2.10. The van der Waals surface area contributed by atoms with Gasteiger partial charge in [0, 0.05) is 5.56 Å². The van der Waals surface area contributed by atoms with Crippen LogP contribution in [0.4, 0.5) is 0 Å². The van der Waals surface area contributed by atoms with Crippen LogP contribution in [0.15, 0.2) is 90.0 Å². The molecule has 140 valence electrons. The van der Waals surface area contributed by atoms with E-state index in [2.05, 4.69) is 15.8 Å². The van der Waals surface area contributed by atoms with Crippen LogP contribution in [0.1, 0.15) is 26.3 Å². The summed E-state index contributed by atoms with van der Waals surface area (Å²) in [6.45, 7) is 0.128. The molecule has 0 bridgehead atoms. The Bertz CT molecular complexity index is 989. The van der Waals surface area contributed by atoms with Gasteiger partial charge < -0.3 is 5.32 Å². The summed E-state index contributed by atoms with van der Waals surface area (Å²) >= 11 is 6.07. The summed E-state index contributed by atoms with van der Waals surface area (Å²) in [6, 6.07) is 24.9. The molecule has 0 radical (unpaired) electrons. The summed E-state index contributed by atoms with van der Waals surface area (Å²) in [7, 11) is 0. The maximum Gasteiger partial charge on any atom is 0.271 e. The van der Waals surface area contributed by atoms with E-state index in [9.17, 15) is 9.59 Å². The Hall–Kier alpha value is -3.44. The Labute approximate surface area is 168 Å². The number of amides is 2. The van der Waals surface area contributed by atoms with Gasteiger partial charge in [0.1, 0.15) is 0 Å². The van der Waals surface area contributed by atoms with Crippen molar-refractivity contribution in [3.05, 3.63) is 107 Å². The Morgan fingerprint density at radius 1 is 0.750 bits per heavy atom. The maximum absolute atomic E-state index is 12.4. The molecule has 2 N–H and O–H groups in total. The molecular formula is C22H18ClN3O2. The number of carbonyl (C=O) groups excluding carboxylic acids is 2. The summed E-state index contributed by atoms with van der Waals surface area (Å²) in [6.07, 6.45) is 0. The van der Waals surface area contributed by atoms with Gasteiger partial charge in [0.15, 0.2) is 0 Å². The quantitative estimate of drug-likeness (QED) is 0.494. The van der Waals surface area contributed by atoms with Gasteiger partial charge in [-0.1, -0.05) is 72.3 Å². The Morgan fingerprint density at radius 2 is 1.32 bits per heavy atom. The highest BCUT2D eigenvalue weighted by Gasteiger charge is 2.12. The van der Waals surface area contributed by atoms with Crippen LogP contribution in [0.3, 0.4) is 0 Å². The van der Waals surface area contributed by atoms with Crippen LogP contribution >= 0.6 is 11.6 Å². The average Bonchev–Trinajstić information content (AvgIpc) is 2.75. The van der Waals surface area contributed by atoms with Crippen LogP contribution in [-0.2, 0) is 0 Å². The number of benzene rings is 3. The van der Waals surface area contributed by atoms with E-state index >= 15 is 0 Å². The standard InChI is InChI=1S/C22H18ClN3O2/c23-19-14-8-7-13-18(19)22(28)24-15-20(16-9-3-1-4-10-16)25-26-21(27)17-11-5-2-6-12-17/h1-14H,15H2,(H,24,28)(H,26,27). The van der Waals surface area contributed by atoms with Crippen molar-refractivity contribution in [2.75, 3.05) is 6.54 Å². The molecule has 0 aliphatic heterocycles. The molecule has 0 spiro atoms. The SMILES string of the molecule is O=C(NN=C(CNC(=O)c1ccccc1Cl)c1ccccc1)c1ccccc1. The molecule has 0 aliphatic rings. The molecule has 2 amide bonds. The Balaban J connectivity index is 1.75. The van der Waals surface area contributed by atoms with E-state index in [1.807, 2.05) is 36.4 Å². The van der Waals surface area contributed by atoms with Gasteiger partial charge in [-0.05, 0) is 29.8 Å².